The minimum atomic E-state index is -0.116. The number of nitrogens with one attached hydrogen (secondary N) is 1. The van der Waals surface area contributed by atoms with Gasteiger partial charge < -0.3 is 5.32 Å². The van der Waals surface area contributed by atoms with Crippen LogP contribution in [0.3, 0.4) is 0 Å². The van der Waals surface area contributed by atoms with Crippen molar-refractivity contribution in [2.75, 3.05) is 0 Å². The number of rotatable bonds is 6. The van der Waals surface area contributed by atoms with Crippen molar-refractivity contribution in [3.63, 3.8) is 0 Å². The van der Waals surface area contributed by atoms with Crippen LogP contribution in [0.1, 0.15) is 43.5 Å². The molecule has 2 aromatic carbocycles. The zero-order valence-corrected chi connectivity index (χ0v) is 15.1. The highest BCUT2D eigenvalue weighted by Gasteiger charge is 2.17. The Morgan fingerprint density at radius 1 is 1.04 bits per heavy atom. The summed E-state index contributed by atoms with van der Waals surface area (Å²) in [5, 5.41) is 2.99. The van der Waals surface area contributed by atoms with Gasteiger partial charge in [-0.1, -0.05) is 48.9 Å². The second kappa shape index (κ2) is 8.21. The van der Waals surface area contributed by atoms with Crippen molar-refractivity contribution in [3.8, 4) is 0 Å². The molecule has 0 radical (unpaired) electrons. The van der Waals surface area contributed by atoms with Gasteiger partial charge in [-0.15, -0.1) is 11.8 Å². The smallest absolute Gasteiger partial charge is 0.233 e. The van der Waals surface area contributed by atoms with Gasteiger partial charge in [-0.2, -0.15) is 0 Å². The third kappa shape index (κ3) is 5.14. The van der Waals surface area contributed by atoms with Crippen molar-refractivity contribution >= 4 is 17.7 Å². The van der Waals surface area contributed by atoms with Crippen LogP contribution in [0.2, 0.25) is 0 Å². The van der Waals surface area contributed by atoms with Crippen LogP contribution >= 0.6 is 11.8 Å². The summed E-state index contributed by atoms with van der Waals surface area (Å²) < 4.78 is 0. The average Bonchev–Trinajstić information content (AvgIpc) is 2.56. The number of hydrogen-bond donors (Lipinski definition) is 1. The lowest BCUT2D eigenvalue weighted by Crippen LogP contribution is -2.33. The monoisotopic (exact) mass is 327 g/mol. The van der Waals surface area contributed by atoms with Gasteiger partial charge in [0.1, 0.15) is 0 Å². The van der Waals surface area contributed by atoms with Gasteiger partial charge in [-0.25, -0.2) is 0 Å². The van der Waals surface area contributed by atoms with E-state index in [2.05, 4.69) is 67.7 Å². The van der Waals surface area contributed by atoms with E-state index in [-0.39, 0.29) is 17.2 Å². The molecule has 0 bridgehead atoms. The molecule has 2 nitrogen and oxygen atoms in total. The quantitative estimate of drug-likeness (QED) is 0.763. The molecule has 2 atom stereocenters. The number of thioether (sulfide) groups is 1. The summed E-state index contributed by atoms with van der Waals surface area (Å²) >= 11 is 1.59. The van der Waals surface area contributed by atoms with Gasteiger partial charge in [-0.05, 0) is 50.5 Å². The highest BCUT2D eigenvalue weighted by atomic mass is 32.2. The van der Waals surface area contributed by atoms with Crippen LogP contribution < -0.4 is 5.32 Å². The van der Waals surface area contributed by atoms with Crippen molar-refractivity contribution in [2.45, 2.75) is 50.3 Å². The van der Waals surface area contributed by atoms with Gasteiger partial charge >= 0.3 is 0 Å². The Kier molecular flexibility index (Phi) is 6.28. The third-order valence-corrected chi connectivity index (χ3v) is 5.06. The molecule has 0 spiro atoms. The number of aryl methyl sites for hydroxylation is 2. The first-order valence-corrected chi connectivity index (χ1v) is 9.00. The molecule has 122 valence electrons. The zero-order chi connectivity index (χ0) is 16.8. The summed E-state index contributed by atoms with van der Waals surface area (Å²) in [5.74, 6) is 0.0719. The molecule has 0 aliphatic rings. The lowest BCUT2D eigenvalue weighted by Gasteiger charge is -2.18. The van der Waals surface area contributed by atoms with E-state index in [1.807, 2.05) is 13.8 Å². The standard InChI is InChI=1S/C20H25NOS/c1-5-17-8-10-18(11-9-17)15(3)21-20(22)16(4)23-19-12-6-14(2)7-13-19/h6-13,15-16H,5H2,1-4H3,(H,21,22)/t15-,16+/m0/s1. The van der Waals surface area contributed by atoms with Gasteiger partial charge in [0, 0.05) is 4.90 Å². The van der Waals surface area contributed by atoms with E-state index in [0.29, 0.717) is 0 Å². The van der Waals surface area contributed by atoms with Gasteiger partial charge in [0.05, 0.1) is 11.3 Å². The third-order valence-electron chi connectivity index (χ3n) is 3.95. The molecule has 0 unspecified atom stereocenters. The molecular formula is C20H25NOS. The Balaban J connectivity index is 1.92. The molecule has 0 saturated heterocycles. The van der Waals surface area contributed by atoms with Crippen LogP contribution in [0, 0.1) is 6.92 Å². The summed E-state index contributed by atoms with van der Waals surface area (Å²) in [7, 11) is 0. The second-order valence-electron chi connectivity index (χ2n) is 5.90. The molecule has 0 aliphatic heterocycles. The number of carbonyl (C=O) groups is 1. The van der Waals surface area contributed by atoms with Gasteiger partial charge in [0.15, 0.2) is 0 Å². The van der Waals surface area contributed by atoms with E-state index >= 15 is 0 Å². The van der Waals surface area contributed by atoms with E-state index < -0.39 is 0 Å². The van der Waals surface area contributed by atoms with Gasteiger partial charge in [0.2, 0.25) is 5.91 Å². The first-order valence-electron chi connectivity index (χ1n) is 8.12. The van der Waals surface area contributed by atoms with E-state index in [0.717, 1.165) is 16.9 Å². The number of benzene rings is 2. The molecule has 0 saturated carbocycles. The van der Waals surface area contributed by atoms with Gasteiger partial charge in [-0.3, -0.25) is 4.79 Å². The molecule has 2 aromatic rings. The van der Waals surface area contributed by atoms with E-state index in [1.54, 1.807) is 11.8 Å². The summed E-state index contributed by atoms with van der Waals surface area (Å²) in [6, 6.07) is 16.8. The Bertz CT molecular complexity index is 634. The fourth-order valence-electron chi connectivity index (χ4n) is 2.33. The fourth-order valence-corrected chi connectivity index (χ4v) is 3.21. The maximum absolute atomic E-state index is 12.4. The molecular weight excluding hydrogens is 302 g/mol. The minimum absolute atomic E-state index is 0.0227. The Morgan fingerprint density at radius 3 is 2.22 bits per heavy atom. The predicted molar refractivity (Wildman–Crippen MR) is 98.9 cm³/mol. The van der Waals surface area contributed by atoms with Crippen LogP contribution in [-0.2, 0) is 11.2 Å². The molecule has 1 amide bonds. The lowest BCUT2D eigenvalue weighted by molar-refractivity contribution is -0.120. The summed E-state index contributed by atoms with van der Waals surface area (Å²) in [6.45, 7) is 8.19. The van der Waals surface area contributed by atoms with E-state index in [9.17, 15) is 4.79 Å². The number of amides is 1. The van der Waals surface area contributed by atoms with Crippen molar-refractivity contribution in [3.05, 3.63) is 65.2 Å². The van der Waals surface area contributed by atoms with Crippen LogP contribution in [0.4, 0.5) is 0 Å². The normalized spacial score (nSPS) is 13.4. The Labute approximate surface area is 143 Å². The first-order chi connectivity index (χ1) is 11.0. The summed E-state index contributed by atoms with van der Waals surface area (Å²) in [4.78, 5) is 13.5. The SMILES string of the molecule is CCc1ccc([C@H](C)NC(=O)[C@@H](C)Sc2ccc(C)cc2)cc1. The van der Waals surface area contributed by atoms with E-state index in [1.165, 1.54) is 11.1 Å². The average molecular weight is 327 g/mol. The van der Waals surface area contributed by atoms with Crippen molar-refractivity contribution in [2.24, 2.45) is 0 Å². The van der Waals surface area contributed by atoms with Gasteiger partial charge in [0.25, 0.3) is 0 Å². The van der Waals surface area contributed by atoms with Crippen LogP contribution in [0.15, 0.2) is 53.4 Å². The predicted octanol–water partition coefficient (Wildman–Crippen LogP) is 4.92. The fraction of sp³-hybridized carbons (Fsp3) is 0.350. The number of hydrogen-bond acceptors (Lipinski definition) is 2. The topological polar surface area (TPSA) is 29.1 Å². The van der Waals surface area contributed by atoms with Crippen molar-refractivity contribution in [1.82, 2.24) is 5.32 Å². The van der Waals surface area contributed by atoms with Crippen LogP contribution in [0.25, 0.3) is 0 Å². The second-order valence-corrected chi connectivity index (χ2v) is 7.31. The lowest BCUT2D eigenvalue weighted by atomic mass is 10.0. The zero-order valence-electron chi connectivity index (χ0n) is 14.3. The molecule has 2 rings (SSSR count). The van der Waals surface area contributed by atoms with E-state index in [4.69, 9.17) is 0 Å². The highest BCUT2D eigenvalue weighted by Crippen LogP contribution is 2.24. The summed E-state index contributed by atoms with van der Waals surface area (Å²) in [6.07, 6.45) is 1.03. The maximum atomic E-state index is 12.4. The van der Waals surface area contributed by atoms with Crippen molar-refractivity contribution in [1.29, 1.82) is 0 Å². The molecule has 1 N–H and O–H groups in total. The molecule has 0 fully saturated rings. The number of carbonyl (C=O) groups excluding carboxylic acids is 1. The molecule has 0 heterocycles. The first kappa shape index (κ1) is 17.6. The van der Waals surface area contributed by atoms with Crippen LogP contribution in [-0.4, -0.2) is 11.2 Å². The van der Waals surface area contributed by atoms with Crippen molar-refractivity contribution < 1.29 is 4.79 Å². The maximum Gasteiger partial charge on any atom is 0.233 e. The molecule has 3 heteroatoms. The Hall–Kier alpha value is -1.74. The Morgan fingerprint density at radius 2 is 1.65 bits per heavy atom. The van der Waals surface area contributed by atoms with Crippen LogP contribution in [0.5, 0.6) is 0 Å². The molecule has 0 aromatic heterocycles. The molecule has 23 heavy (non-hydrogen) atoms. The summed E-state index contributed by atoms with van der Waals surface area (Å²) in [5.41, 5.74) is 3.69. The minimum Gasteiger partial charge on any atom is -0.349 e. The highest BCUT2D eigenvalue weighted by molar-refractivity contribution is 8.00. The molecule has 0 aliphatic carbocycles. The largest absolute Gasteiger partial charge is 0.349 e.